The van der Waals surface area contributed by atoms with Crippen LogP contribution in [0, 0.1) is 20.8 Å². The van der Waals surface area contributed by atoms with Crippen molar-refractivity contribution in [1.82, 2.24) is 4.72 Å². The summed E-state index contributed by atoms with van der Waals surface area (Å²) in [4.78, 5) is 0.234. The van der Waals surface area contributed by atoms with Crippen molar-refractivity contribution in [2.45, 2.75) is 38.6 Å². The Balaban J connectivity index is 2.37. The van der Waals surface area contributed by atoms with Crippen molar-refractivity contribution < 1.29 is 12.8 Å². The van der Waals surface area contributed by atoms with Gasteiger partial charge in [-0.05, 0) is 57.0 Å². The lowest BCUT2D eigenvalue weighted by atomic mass is 10.1. The van der Waals surface area contributed by atoms with E-state index in [1.807, 2.05) is 6.92 Å². The summed E-state index contributed by atoms with van der Waals surface area (Å²) < 4.78 is 33.3. The number of hydrogen-bond donors (Lipinski definition) is 2. The largest absolute Gasteiger partial charge is 0.465 e. The molecule has 21 heavy (non-hydrogen) atoms. The molecule has 1 aromatic carbocycles. The van der Waals surface area contributed by atoms with Crippen LogP contribution in [0.25, 0.3) is 0 Å². The minimum Gasteiger partial charge on any atom is -0.465 e. The first-order chi connectivity index (χ1) is 9.72. The molecule has 3 N–H and O–H groups in total. The van der Waals surface area contributed by atoms with Gasteiger partial charge in [-0.3, -0.25) is 0 Å². The fourth-order valence-corrected chi connectivity index (χ4v) is 4.00. The number of hydrogen-bond acceptors (Lipinski definition) is 4. The van der Waals surface area contributed by atoms with E-state index in [4.69, 9.17) is 10.2 Å². The average molecular weight is 308 g/mol. The first-order valence-electron chi connectivity index (χ1n) is 6.66. The van der Waals surface area contributed by atoms with Gasteiger partial charge in [0.25, 0.3) is 0 Å². The molecule has 1 unspecified atom stereocenters. The maximum atomic E-state index is 12.6. The van der Waals surface area contributed by atoms with E-state index < -0.39 is 16.1 Å². The molecule has 0 amide bonds. The van der Waals surface area contributed by atoms with Gasteiger partial charge < -0.3 is 10.2 Å². The first kappa shape index (κ1) is 15.6. The molecular formula is C15H20N2O3S. The number of nitrogen functional groups attached to an aromatic ring is 1. The SMILES string of the molecule is Cc1ccc(C(C)NS(=O)(=O)c2c(C)ccc(N)c2C)o1. The summed E-state index contributed by atoms with van der Waals surface area (Å²) in [6, 6.07) is 6.53. The number of anilines is 1. The summed E-state index contributed by atoms with van der Waals surface area (Å²) in [7, 11) is -3.67. The van der Waals surface area contributed by atoms with Crippen LogP contribution in [0.5, 0.6) is 0 Å². The van der Waals surface area contributed by atoms with Crippen LogP contribution in [0.4, 0.5) is 5.69 Å². The molecule has 6 heteroatoms. The van der Waals surface area contributed by atoms with Crippen molar-refractivity contribution in [2.75, 3.05) is 5.73 Å². The molecule has 0 aliphatic carbocycles. The van der Waals surface area contributed by atoms with Gasteiger partial charge >= 0.3 is 0 Å². The van der Waals surface area contributed by atoms with Crippen molar-refractivity contribution in [3.05, 3.63) is 46.9 Å². The summed E-state index contributed by atoms with van der Waals surface area (Å²) in [6.07, 6.45) is 0. The highest BCUT2D eigenvalue weighted by Gasteiger charge is 2.24. The summed E-state index contributed by atoms with van der Waals surface area (Å²) >= 11 is 0. The van der Waals surface area contributed by atoms with E-state index >= 15 is 0 Å². The molecule has 1 heterocycles. The summed E-state index contributed by atoms with van der Waals surface area (Å²) in [5.41, 5.74) is 7.51. The normalized spacial score (nSPS) is 13.3. The third-order valence-corrected chi connectivity index (χ3v) is 5.26. The second-order valence-corrected chi connectivity index (χ2v) is 6.87. The van der Waals surface area contributed by atoms with Gasteiger partial charge in [0.15, 0.2) is 0 Å². The van der Waals surface area contributed by atoms with E-state index in [9.17, 15) is 8.42 Å². The zero-order chi connectivity index (χ0) is 15.8. The number of aryl methyl sites for hydroxylation is 2. The zero-order valence-corrected chi connectivity index (χ0v) is 13.4. The van der Waals surface area contributed by atoms with Crippen LogP contribution in [0.1, 0.15) is 35.6 Å². The summed E-state index contributed by atoms with van der Waals surface area (Å²) in [6.45, 7) is 7.02. The third kappa shape index (κ3) is 3.11. The van der Waals surface area contributed by atoms with Gasteiger partial charge in [-0.25, -0.2) is 13.1 Å². The predicted octanol–water partition coefficient (Wildman–Crippen LogP) is 2.83. The number of nitrogens with two attached hydrogens (primary N) is 1. The van der Waals surface area contributed by atoms with Gasteiger partial charge in [-0.1, -0.05) is 6.07 Å². The maximum absolute atomic E-state index is 12.6. The lowest BCUT2D eigenvalue weighted by molar-refractivity contribution is 0.441. The highest BCUT2D eigenvalue weighted by molar-refractivity contribution is 7.89. The Hall–Kier alpha value is -1.79. The van der Waals surface area contributed by atoms with Gasteiger partial charge in [0.2, 0.25) is 10.0 Å². The van der Waals surface area contributed by atoms with Crippen molar-refractivity contribution in [2.24, 2.45) is 0 Å². The number of furan rings is 1. The number of sulfonamides is 1. The van der Waals surface area contributed by atoms with Gasteiger partial charge in [-0.15, -0.1) is 0 Å². The number of benzene rings is 1. The van der Waals surface area contributed by atoms with Crippen molar-refractivity contribution in [3.63, 3.8) is 0 Å². The van der Waals surface area contributed by atoms with Crippen molar-refractivity contribution in [1.29, 1.82) is 0 Å². The van der Waals surface area contributed by atoms with E-state index in [-0.39, 0.29) is 4.90 Å². The molecule has 2 aromatic rings. The Labute approximate surface area is 125 Å². The highest BCUT2D eigenvalue weighted by atomic mass is 32.2. The van der Waals surface area contributed by atoms with Crippen molar-refractivity contribution >= 4 is 15.7 Å². The fourth-order valence-electron chi connectivity index (χ4n) is 2.29. The lowest BCUT2D eigenvalue weighted by Gasteiger charge is -2.16. The Morgan fingerprint density at radius 1 is 1.14 bits per heavy atom. The van der Waals surface area contributed by atoms with Gasteiger partial charge in [0.05, 0.1) is 10.9 Å². The molecule has 0 aliphatic heterocycles. The second-order valence-electron chi connectivity index (χ2n) is 5.22. The summed E-state index contributed by atoms with van der Waals surface area (Å²) in [5, 5.41) is 0. The average Bonchev–Trinajstić information content (AvgIpc) is 2.80. The standard InChI is InChI=1S/C15H20N2O3S/c1-9-5-7-13(16)11(3)15(9)21(18,19)17-12(4)14-8-6-10(2)20-14/h5-8,12,17H,16H2,1-4H3. The summed E-state index contributed by atoms with van der Waals surface area (Å²) in [5.74, 6) is 1.32. The second kappa shape index (κ2) is 5.54. The predicted molar refractivity (Wildman–Crippen MR) is 82.5 cm³/mol. The van der Waals surface area contributed by atoms with Crippen LogP contribution in [-0.4, -0.2) is 8.42 Å². The van der Waals surface area contributed by atoms with E-state index in [1.165, 1.54) is 0 Å². The topological polar surface area (TPSA) is 85.3 Å². The van der Waals surface area contributed by atoms with Crippen LogP contribution in [-0.2, 0) is 10.0 Å². The monoisotopic (exact) mass is 308 g/mol. The molecule has 0 spiro atoms. The molecule has 0 radical (unpaired) electrons. The van der Waals surface area contributed by atoms with Crippen LogP contribution < -0.4 is 10.5 Å². The van der Waals surface area contributed by atoms with Gasteiger partial charge in [-0.2, -0.15) is 0 Å². The molecule has 2 rings (SSSR count). The Morgan fingerprint density at radius 2 is 1.81 bits per heavy atom. The van der Waals surface area contributed by atoms with Crippen LogP contribution in [0.2, 0.25) is 0 Å². The number of nitrogens with one attached hydrogen (secondary N) is 1. The van der Waals surface area contributed by atoms with E-state index in [0.29, 0.717) is 22.6 Å². The van der Waals surface area contributed by atoms with Gasteiger partial charge in [0, 0.05) is 5.69 Å². The molecule has 0 saturated carbocycles. The molecule has 114 valence electrons. The van der Waals surface area contributed by atoms with E-state index in [1.54, 1.807) is 45.0 Å². The fraction of sp³-hybridized carbons (Fsp3) is 0.333. The Morgan fingerprint density at radius 3 is 2.38 bits per heavy atom. The first-order valence-corrected chi connectivity index (χ1v) is 8.15. The molecule has 0 bridgehead atoms. The lowest BCUT2D eigenvalue weighted by Crippen LogP contribution is -2.28. The van der Waals surface area contributed by atoms with Crippen LogP contribution in [0.3, 0.4) is 0 Å². The smallest absolute Gasteiger partial charge is 0.241 e. The zero-order valence-electron chi connectivity index (χ0n) is 12.6. The molecule has 0 fully saturated rings. The minimum absolute atomic E-state index is 0.234. The van der Waals surface area contributed by atoms with Crippen LogP contribution in [0.15, 0.2) is 33.6 Å². The molecule has 1 aromatic heterocycles. The molecular weight excluding hydrogens is 288 g/mol. The van der Waals surface area contributed by atoms with E-state index in [2.05, 4.69) is 4.72 Å². The molecule has 0 saturated heterocycles. The van der Waals surface area contributed by atoms with Gasteiger partial charge in [0.1, 0.15) is 11.5 Å². The Bertz CT molecular complexity index is 763. The molecule has 5 nitrogen and oxygen atoms in total. The highest BCUT2D eigenvalue weighted by Crippen LogP contribution is 2.26. The molecule has 1 atom stereocenters. The molecule has 0 aliphatic rings. The third-order valence-electron chi connectivity index (χ3n) is 3.43. The number of rotatable bonds is 4. The maximum Gasteiger partial charge on any atom is 0.241 e. The minimum atomic E-state index is -3.67. The Kier molecular flexibility index (Phi) is 4.11. The van der Waals surface area contributed by atoms with E-state index in [0.717, 1.165) is 5.76 Å². The quantitative estimate of drug-likeness (QED) is 0.850. The van der Waals surface area contributed by atoms with Crippen molar-refractivity contribution in [3.8, 4) is 0 Å². The van der Waals surface area contributed by atoms with Crippen LogP contribution >= 0.6 is 0 Å².